The molecule has 0 aliphatic carbocycles. The van der Waals surface area contributed by atoms with Crippen molar-refractivity contribution in [1.82, 2.24) is 15.1 Å². The van der Waals surface area contributed by atoms with Crippen molar-refractivity contribution in [3.63, 3.8) is 0 Å². The van der Waals surface area contributed by atoms with Gasteiger partial charge in [-0.05, 0) is 48.8 Å². The predicted molar refractivity (Wildman–Crippen MR) is 106 cm³/mol. The maximum Gasteiger partial charge on any atom is 0.193 e. The van der Waals surface area contributed by atoms with E-state index in [-0.39, 0.29) is 0 Å². The van der Waals surface area contributed by atoms with E-state index in [1.165, 1.54) is 43.6 Å². The highest BCUT2D eigenvalue weighted by Gasteiger charge is 2.22. The van der Waals surface area contributed by atoms with E-state index in [1.54, 1.807) is 0 Å². The van der Waals surface area contributed by atoms with Crippen LogP contribution < -0.4 is 5.32 Å². The van der Waals surface area contributed by atoms with Gasteiger partial charge in [0.05, 0.1) is 0 Å². The van der Waals surface area contributed by atoms with Gasteiger partial charge in [0.1, 0.15) is 0 Å². The van der Waals surface area contributed by atoms with Crippen molar-refractivity contribution in [2.24, 2.45) is 16.8 Å². The summed E-state index contributed by atoms with van der Waals surface area (Å²) in [7, 11) is 1.91. The van der Waals surface area contributed by atoms with Crippen LogP contribution in [0.4, 0.5) is 0 Å². The number of nitrogens with one attached hydrogen (secondary N) is 1. The quantitative estimate of drug-likeness (QED) is 0.674. The number of hydrogen-bond donors (Lipinski definition) is 1. The second kappa shape index (κ2) is 8.70. The second-order valence-corrected chi connectivity index (χ2v) is 8.03. The first-order valence-electron chi connectivity index (χ1n) is 9.90. The third-order valence-corrected chi connectivity index (χ3v) is 5.42. The molecule has 0 amide bonds. The van der Waals surface area contributed by atoms with Crippen LogP contribution in [-0.2, 0) is 13.0 Å². The molecular formula is C21H34N4. The molecule has 1 N–H and O–H groups in total. The molecule has 1 saturated heterocycles. The van der Waals surface area contributed by atoms with E-state index in [1.807, 2.05) is 7.05 Å². The summed E-state index contributed by atoms with van der Waals surface area (Å²) in [5.74, 6) is 2.56. The first-order chi connectivity index (χ1) is 12.2. The number of piperidine rings is 1. The molecule has 3 rings (SSSR count). The lowest BCUT2D eigenvalue weighted by molar-refractivity contribution is 0.159. The average Bonchev–Trinajstić information content (AvgIpc) is 2.62. The van der Waals surface area contributed by atoms with Gasteiger partial charge in [-0.15, -0.1) is 0 Å². The van der Waals surface area contributed by atoms with Crippen molar-refractivity contribution in [1.29, 1.82) is 0 Å². The van der Waals surface area contributed by atoms with E-state index in [2.05, 4.69) is 58.2 Å². The molecule has 1 aromatic carbocycles. The van der Waals surface area contributed by atoms with Gasteiger partial charge in [0, 0.05) is 39.8 Å². The summed E-state index contributed by atoms with van der Waals surface area (Å²) in [4.78, 5) is 9.59. The van der Waals surface area contributed by atoms with Crippen molar-refractivity contribution >= 4 is 5.96 Å². The van der Waals surface area contributed by atoms with Crippen LogP contribution in [0.1, 0.15) is 37.8 Å². The summed E-state index contributed by atoms with van der Waals surface area (Å²) in [5.41, 5.74) is 2.93. The zero-order chi connectivity index (χ0) is 17.6. The fourth-order valence-corrected chi connectivity index (χ4v) is 4.24. The lowest BCUT2D eigenvalue weighted by Crippen LogP contribution is -2.47. The van der Waals surface area contributed by atoms with E-state index >= 15 is 0 Å². The van der Waals surface area contributed by atoms with Gasteiger partial charge in [-0.1, -0.05) is 38.1 Å². The second-order valence-electron chi connectivity index (χ2n) is 8.03. The van der Waals surface area contributed by atoms with E-state index in [0.717, 1.165) is 43.9 Å². The lowest BCUT2D eigenvalue weighted by atomic mass is 9.97. The third-order valence-electron chi connectivity index (χ3n) is 5.42. The standard InChI is InChI=1S/C21H34N4/c1-17(2)14-24-11-6-7-18(15-24)13-23-21(22-3)25-12-10-19-8-4-5-9-20(19)16-25/h4-5,8-9,17-18H,6-7,10-16H2,1-3H3,(H,22,23). The number of benzene rings is 1. The highest BCUT2D eigenvalue weighted by molar-refractivity contribution is 5.80. The summed E-state index contributed by atoms with van der Waals surface area (Å²) in [5, 5.41) is 3.66. The Hall–Kier alpha value is -1.55. The molecule has 25 heavy (non-hydrogen) atoms. The minimum Gasteiger partial charge on any atom is -0.356 e. The molecule has 1 unspecified atom stereocenters. The van der Waals surface area contributed by atoms with Crippen molar-refractivity contribution in [2.75, 3.05) is 39.8 Å². The molecule has 138 valence electrons. The fourth-order valence-electron chi connectivity index (χ4n) is 4.24. The fraction of sp³-hybridized carbons (Fsp3) is 0.667. The van der Waals surface area contributed by atoms with Gasteiger partial charge in [-0.3, -0.25) is 4.99 Å². The maximum absolute atomic E-state index is 4.55. The van der Waals surface area contributed by atoms with Gasteiger partial charge in [0.25, 0.3) is 0 Å². The zero-order valence-electron chi connectivity index (χ0n) is 16.2. The predicted octanol–water partition coefficient (Wildman–Crippen LogP) is 2.99. The van der Waals surface area contributed by atoms with E-state index in [0.29, 0.717) is 0 Å². The van der Waals surface area contributed by atoms with Crippen molar-refractivity contribution < 1.29 is 0 Å². The Morgan fingerprint density at radius 1 is 1.24 bits per heavy atom. The van der Waals surface area contributed by atoms with E-state index < -0.39 is 0 Å². The molecule has 1 fully saturated rings. The number of aliphatic imine (C=N–C) groups is 1. The first-order valence-corrected chi connectivity index (χ1v) is 9.90. The highest BCUT2D eigenvalue weighted by Crippen LogP contribution is 2.19. The van der Waals surface area contributed by atoms with Crippen LogP contribution in [-0.4, -0.2) is 55.5 Å². The number of guanidine groups is 1. The Morgan fingerprint density at radius 3 is 2.80 bits per heavy atom. The molecule has 1 aromatic rings. The number of likely N-dealkylation sites (tertiary alicyclic amines) is 1. The van der Waals surface area contributed by atoms with E-state index in [4.69, 9.17) is 0 Å². The smallest absolute Gasteiger partial charge is 0.193 e. The maximum atomic E-state index is 4.55. The number of rotatable bonds is 4. The molecule has 1 atom stereocenters. The van der Waals surface area contributed by atoms with Crippen LogP contribution in [0, 0.1) is 11.8 Å². The summed E-state index contributed by atoms with van der Waals surface area (Å²) >= 11 is 0. The summed E-state index contributed by atoms with van der Waals surface area (Å²) in [6.45, 7) is 11.4. The molecular weight excluding hydrogens is 308 g/mol. The molecule has 2 heterocycles. The van der Waals surface area contributed by atoms with Crippen LogP contribution >= 0.6 is 0 Å². The minimum absolute atomic E-state index is 0.737. The summed E-state index contributed by atoms with van der Waals surface area (Å²) < 4.78 is 0. The van der Waals surface area contributed by atoms with Crippen LogP contribution in [0.25, 0.3) is 0 Å². The van der Waals surface area contributed by atoms with Crippen molar-refractivity contribution in [2.45, 2.75) is 39.7 Å². The summed E-state index contributed by atoms with van der Waals surface area (Å²) in [6, 6.07) is 8.80. The van der Waals surface area contributed by atoms with Gasteiger partial charge in [-0.2, -0.15) is 0 Å². The largest absolute Gasteiger partial charge is 0.356 e. The Balaban J connectivity index is 1.51. The highest BCUT2D eigenvalue weighted by atomic mass is 15.3. The molecule has 0 bridgehead atoms. The minimum atomic E-state index is 0.737. The molecule has 0 spiro atoms. The van der Waals surface area contributed by atoms with Crippen molar-refractivity contribution in [3.8, 4) is 0 Å². The van der Waals surface area contributed by atoms with Crippen molar-refractivity contribution in [3.05, 3.63) is 35.4 Å². The van der Waals surface area contributed by atoms with E-state index in [9.17, 15) is 0 Å². The summed E-state index contributed by atoms with van der Waals surface area (Å²) in [6.07, 6.45) is 3.78. The Kier molecular flexibility index (Phi) is 6.35. The van der Waals surface area contributed by atoms with Gasteiger partial charge >= 0.3 is 0 Å². The van der Waals surface area contributed by atoms with Crippen LogP contribution in [0.5, 0.6) is 0 Å². The molecule has 0 saturated carbocycles. The van der Waals surface area contributed by atoms with Crippen LogP contribution in [0.15, 0.2) is 29.3 Å². The molecule has 4 nitrogen and oxygen atoms in total. The average molecular weight is 343 g/mol. The topological polar surface area (TPSA) is 30.9 Å². The molecule has 0 aromatic heterocycles. The van der Waals surface area contributed by atoms with Crippen LogP contribution in [0.3, 0.4) is 0 Å². The first kappa shape index (κ1) is 18.2. The van der Waals surface area contributed by atoms with Gasteiger partial charge in [0.2, 0.25) is 0 Å². The Labute approximate surface area is 153 Å². The molecule has 2 aliphatic rings. The van der Waals surface area contributed by atoms with Gasteiger partial charge in [0.15, 0.2) is 5.96 Å². The van der Waals surface area contributed by atoms with Gasteiger partial charge < -0.3 is 15.1 Å². The lowest BCUT2D eigenvalue weighted by Gasteiger charge is -2.36. The SMILES string of the molecule is CN=C(NCC1CCCN(CC(C)C)C1)N1CCc2ccccc2C1. The monoisotopic (exact) mass is 342 g/mol. The third kappa shape index (κ3) is 4.97. The number of nitrogens with zero attached hydrogens (tertiary/aromatic N) is 3. The molecule has 0 radical (unpaired) electrons. The van der Waals surface area contributed by atoms with Gasteiger partial charge in [-0.25, -0.2) is 0 Å². The number of hydrogen-bond acceptors (Lipinski definition) is 2. The number of fused-ring (bicyclic) bond motifs is 1. The molecule has 4 heteroatoms. The Morgan fingerprint density at radius 2 is 2.04 bits per heavy atom. The van der Waals surface area contributed by atoms with Crippen LogP contribution in [0.2, 0.25) is 0 Å². The Bertz CT molecular complexity index is 581. The normalized spacial score (nSPS) is 22.2. The zero-order valence-corrected chi connectivity index (χ0v) is 16.2. The molecule has 2 aliphatic heterocycles.